The highest BCUT2D eigenvalue weighted by Gasteiger charge is 2.13. The first kappa shape index (κ1) is 16.0. The van der Waals surface area contributed by atoms with E-state index in [9.17, 15) is 14.4 Å². The summed E-state index contributed by atoms with van der Waals surface area (Å²) in [6.45, 7) is 1.79. The zero-order valence-electron chi connectivity index (χ0n) is 11.2. The molecule has 2 amide bonds. The molecule has 110 valence electrons. The summed E-state index contributed by atoms with van der Waals surface area (Å²) in [5.74, 6) is -0.222. The van der Waals surface area contributed by atoms with E-state index >= 15 is 0 Å². The summed E-state index contributed by atoms with van der Waals surface area (Å²) in [4.78, 5) is 33.6. The van der Waals surface area contributed by atoms with Gasteiger partial charge in [0, 0.05) is 5.69 Å². The molecule has 0 spiro atoms. The van der Waals surface area contributed by atoms with Gasteiger partial charge in [-0.3, -0.25) is 0 Å². The largest absolute Gasteiger partial charge is 0.478 e. The van der Waals surface area contributed by atoms with Gasteiger partial charge in [-0.1, -0.05) is 12.8 Å². The minimum atomic E-state index is -1.29. The standard InChI is InChI=1S/C14H14N2O5/c1-3-10(4-2)15-14(21)16-11-6-8(12(17)18)5-9(7-11)13(19)20/h1,5-7,10H,4H2,2H3,(H,17,18)(H,19,20)(H2,15,16,21). The lowest BCUT2D eigenvalue weighted by atomic mass is 10.1. The van der Waals surface area contributed by atoms with Crippen LogP contribution < -0.4 is 10.6 Å². The van der Waals surface area contributed by atoms with E-state index in [1.165, 1.54) is 0 Å². The molecule has 0 saturated carbocycles. The molecule has 1 rings (SSSR count). The molecule has 0 aliphatic heterocycles. The number of aromatic carboxylic acids is 2. The maximum absolute atomic E-state index is 11.7. The number of carboxylic acids is 2. The Morgan fingerprint density at radius 3 is 2.10 bits per heavy atom. The molecule has 0 heterocycles. The Balaban J connectivity index is 2.97. The van der Waals surface area contributed by atoms with E-state index in [0.29, 0.717) is 6.42 Å². The van der Waals surface area contributed by atoms with Crippen molar-refractivity contribution < 1.29 is 24.6 Å². The van der Waals surface area contributed by atoms with Crippen molar-refractivity contribution in [2.75, 3.05) is 5.32 Å². The molecule has 4 N–H and O–H groups in total. The molecular formula is C14H14N2O5. The number of carbonyl (C=O) groups is 3. The van der Waals surface area contributed by atoms with Crippen molar-refractivity contribution in [3.63, 3.8) is 0 Å². The number of terminal acetylenes is 1. The lowest BCUT2D eigenvalue weighted by molar-refractivity contribution is 0.0696. The first-order chi connectivity index (χ1) is 9.87. The number of carbonyl (C=O) groups excluding carboxylic acids is 1. The molecule has 21 heavy (non-hydrogen) atoms. The number of hydrogen-bond acceptors (Lipinski definition) is 3. The molecule has 7 heteroatoms. The molecule has 1 atom stereocenters. The van der Waals surface area contributed by atoms with Gasteiger partial charge in [0.05, 0.1) is 17.2 Å². The summed E-state index contributed by atoms with van der Waals surface area (Å²) >= 11 is 0. The van der Waals surface area contributed by atoms with Gasteiger partial charge in [-0.25, -0.2) is 14.4 Å². The highest BCUT2D eigenvalue weighted by atomic mass is 16.4. The van der Waals surface area contributed by atoms with Gasteiger partial charge in [0.1, 0.15) is 0 Å². The fourth-order valence-electron chi connectivity index (χ4n) is 1.53. The minimum Gasteiger partial charge on any atom is -0.478 e. The van der Waals surface area contributed by atoms with E-state index in [-0.39, 0.29) is 16.8 Å². The molecule has 0 aliphatic rings. The van der Waals surface area contributed by atoms with Gasteiger partial charge >= 0.3 is 18.0 Å². The smallest absolute Gasteiger partial charge is 0.335 e. The molecular weight excluding hydrogens is 276 g/mol. The van der Waals surface area contributed by atoms with Gasteiger partial charge in [0.2, 0.25) is 0 Å². The van der Waals surface area contributed by atoms with Crippen molar-refractivity contribution >= 4 is 23.7 Å². The fraction of sp³-hybridized carbons (Fsp3) is 0.214. The average molecular weight is 290 g/mol. The van der Waals surface area contributed by atoms with Crippen LogP contribution in [0.15, 0.2) is 18.2 Å². The SMILES string of the molecule is C#CC(CC)NC(=O)Nc1cc(C(=O)O)cc(C(=O)O)c1. The number of hydrogen-bond donors (Lipinski definition) is 4. The van der Waals surface area contributed by atoms with Crippen LogP contribution in [0.2, 0.25) is 0 Å². The van der Waals surface area contributed by atoms with Crippen LogP contribution >= 0.6 is 0 Å². The number of amides is 2. The second kappa shape index (κ2) is 6.96. The van der Waals surface area contributed by atoms with Crippen LogP contribution in [-0.4, -0.2) is 34.2 Å². The third-order valence-corrected chi connectivity index (χ3v) is 2.60. The summed E-state index contributed by atoms with van der Waals surface area (Å²) in [5.41, 5.74) is -0.431. The Labute approximate surface area is 121 Å². The van der Waals surface area contributed by atoms with Crippen molar-refractivity contribution in [1.29, 1.82) is 0 Å². The predicted molar refractivity (Wildman–Crippen MR) is 75.4 cm³/mol. The zero-order valence-corrected chi connectivity index (χ0v) is 11.2. The summed E-state index contributed by atoms with van der Waals surface area (Å²) in [7, 11) is 0. The number of benzene rings is 1. The maximum atomic E-state index is 11.7. The Morgan fingerprint density at radius 2 is 1.71 bits per heavy atom. The zero-order chi connectivity index (χ0) is 16.0. The monoisotopic (exact) mass is 290 g/mol. The molecule has 0 fully saturated rings. The topological polar surface area (TPSA) is 116 Å². The van der Waals surface area contributed by atoms with E-state index in [2.05, 4.69) is 16.6 Å². The molecule has 1 aromatic carbocycles. The van der Waals surface area contributed by atoms with Crippen LogP contribution in [0.5, 0.6) is 0 Å². The molecule has 7 nitrogen and oxygen atoms in total. The van der Waals surface area contributed by atoms with E-state index in [4.69, 9.17) is 16.6 Å². The fourth-order valence-corrected chi connectivity index (χ4v) is 1.53. The van der Waals surface area contributed by atoms with Crippen molar-refractivity contribution in [2.24, 2.45) is 0 Å². The van der Waals surface area contributed by atoms with Gasteiger partial charge in [-0.2, -0.15) is 0 Å². The van der Waals surface area contributed by atoms with Crippen LogP contribution in [0.4, 0.5) is 10.5 Å². The molecule has 0 saturated heterocycles. The summed E-state index contributed by atoms with van der Waals surface area (Å²) in [6.07, 6.45) is 5.73. The molecule has 0 aromatic heterocycles. The van der Waals surface area contributed by atoms with Crippen LogP contribution in [0, 0.1) is 12.3 Å². The number of urea groups is 1. The lowest BCUT2D eigenvalue weighted by Gasteiger charge is -2.12. The number of carboxylic acid groups (broad SMARTS) is 2. The molecule has 1 unspecified atom stereocenters. The normalized spacial score (nSPS) is 11.0. The lowest BCUT2D eigenvalue weighted by Crippen LogP contribution is -2.36. The minimum absolute atomic E-state index is 0.0525. The highest BCUT2D eigenvalue weighted by Crippen LogP contribution is 2.15. The van der Waals surface area contributed by atoms with Crippen molar-refractivity contribution in [2.45, 2.75) is 19.4 Å². The van der Waals surface area contributed by atoms with Crippen LogP contribution in [0.3, 0.4) is 0 Å². The second-order valence-corrected chi connectivity index (χ2v) is 4.14. The van der Waals surface area contributed by atoms with Crippen LogP contribution in [0.25, 0.3) is 0 Å². The number of nitrogens with one attached hydrogen (secondary N) is 2. The molecule has 0 aliphatic carbocycles. The van der Waals surface area contributed by atoms with E-state index in [1.54, 1.807) is 6.92 Å². The highest BCUT2D eigenvalue weighted by molar-refractivity contribution is 5.98. The van der Waals surface area contributed by atoms with Gasteiger partial charge in [0.15, 0.2) is 0 Å². The third kappa shape index (κ3) is 4.54. The van der Waals surface area contributed by atoms with Crippen LogP contribution in [0.1, 0.15) is 34.1 Å². The third-order valence-electron chi connectivity index (χ3n) is 2.60. The number of rotatable bonds is 5. The van der Waals surface area contributed by atoms with Gasteiger partial charge in [-0.05, 0) is 24.6 Å². The summed E-state index contributed by atoms with van der Waals surface area (Å²) < 4.78 is 0. The molecule has 0 bridgehead atoms. The van der Waals surface area contributed by atoms with Gasteiger partial charge in [0.25, 0.3) is 0 Å². The first-order valence-corrected chi connectivity index (χ1v) is 6.02. The van der Waals surface area contributed by atoms with Gasteiger partial charge in [-0.15, -0.1) is 6.42 Å². The van der Waals surface area contributed by atoms with Gasteiger partial charge < -0.3 is 20.8 Å². The quantitative estimate of drug-likeness (QED) is 0.615. The van der Waals surface area contributed by atoms with Crippen molar-refractivity contribution in [3.8, 4) is 12.3 Å². The molecule has 1 aromatic rings. The summed E-state index contributed by atoms with van der Waals surface area (Å²) in [6, 6.07) is 2.21. The van der Waals surface area contributed by atoms with Crippen molar-refractivity contribution in [1.82, 2.24) is 5.32 Å². The Morgan fingerprint density at radius 1 is 1.19 bits per heavy atom. The Kier molecular flexibility index (Phi) is 5.31. The number of anilines is 1. The first-order valence-electron chi connectivity index (χ1n) is 6.02. The van der Waals surface area contributed by atoms with Crippen LogP contribution in [-0.2, 0) is 0 Å². The van der Waals surface area contributed by atoms with E-state index in [1.807, 2.05) is 0 Å². The Hall–Kier alpha value is -3.01. The molecule has 0 radical (unpaired) electrons. The second-order valence-electron chi connectivity index (χ2n) is 4.14. The van der Waals surface area contributed by atoms with E-state index in [0.717, 1.165) is 18.2 Å². The summed E-state index contributed by atoms with van der Waals surface area (Å²) in [5, 5.41) is 22.7. The van der Waals surface area contributed by atoms with Crippen molar-refractivity contribution in [3.05, 3.63) is 29.3 Å². The average Bonchev–Trinajstić information content (AvgIpc) is 2.44. The van der Waals surface area contributed by atoms with E-state index < -0.39 is 24.0 Å². The maximum Gasteiger partial charge on any atom is 0.335 e. The Bertz CT molecular complexity index is 586. The predicted octanol–water partition coefficient (Wildman–Crippen LogP) is 1.62.